The zero-order valence-corrected chi connectivity index (χ0v) is 47.1. The van der Waals surface area contributed by atoms with Crippen LogP contribution in [0.1, 0.15) is 8.29 Å². The van der Waals surface area contributed by atoms with Crippen LogP contribution in [0.4, 0.5) is 63.1 Å². The molecule has 0 saturated heterocycles. The number of ether oxygens (including phenoxy) is 4. The van der Waals surface area contributed by atoms with E-state index in [1.54, 1.807) is 67.1 Å². The first-order valence-electron chi connectivity index (χ1n) is 23.3. The number of nitrogens with zero attached hydrogens (tertiary/aromatic N) is 8. The second-order valence-corrected chi connectivity index (χ2v) is 15.1. The van der Waals surface area contributed by atoms with Gasteiger partial charge in [0.2, 0.25) is 0 Å². The molecule has 0 unspecified atom stereocenters. The topological polar surface area (TPSA) is 333 Å². The molecular formula is C53H53ClF4IN13O10. The van der Waals surface area contributed by atoms with Gasteiger partial charge in [-0.15, -0.1) is 0 Å². The van der Waals surface area contributed by atoms with Gasteiger partial charge < -0.3 is 51.1 Å². The molecule has 9 rings (SSSR count). The fourth-order valence-electron chi connectivity index (χ4n) is 6.11. The van der Waals surface area contributed by atoms with Crippen molar-refractivity contribution < 1.29 is 52.8 Å². The Bertz CT molecular complexity index is 3610. The predicted molar refractivity (Wildman–Crippen MR) is 313 cm³/mol. The summed E-state index contributed by atoms with van der Waals surface area (Å²) in [7, 11) is 6.65. The van der Waals surface area contributed by atoms with Gasteiger partial charge in [0.25, 0.3) is 0 Å². The van der Waals surface area contributed by atoms with E-state index >= 15 is 0 Å². The number of aromatic nitrogens is 6. The number of aliphatic hydroxyl groups is 1. The van der Waals surface area contributed by atoms with Crippen LogP contribution in [0.15, 0.2) is 151 Å². The Morgan fingerprint density at radius 1 is 0.671 bits per heavy atom. The van der Waals surface area contributed by atoms with Crippen molar-refractivity contribution in [2.24, 2.45) is 0 Å². The number of nitrogens with two attached hydrogens (primary N) is 2. The molecule has 0 spiro atoms. The molecule has 8 N–H and O–H groups in total. The molecule has 0 bridgehead atoms. The molecule has 5 heterocycles. The number of nitrogen functional groups attached to an aromatic ring is 2. The zero-order valence-electron chi connectivity index (χ0n) is 45.2. The van der Waals surface area contributed by atoms with Crippen LogP contribution in [-0.2, 0) is 0 Å². The molecule has 0 saturated carbocycles. The first kappa shape index (κ1) is 66.4. The number of rotatable bonds is 11. The van der Waals surface area contributed by atoms with Gasteiger partial charge in [-0.05, 0) is 77.7 Å². The lowest BCUT2D eigenvalue weighted by molar-refractivity contribution is -0.385. The van der Waals surface area contributed by atoms with Crippen molar-refractivity contribution in [2.45, 2.75) is 6.92 Å². The molecule has 0 atom stereocenters. The van der Waals surface area contributed by atoms with Crippen LogP contribution in [0.2, 0.25) is 5.02 Å². The Kier molecular flexibility index (Phi) is 29.4. The Morgan fingerprint density at radius 2 is 1.13 bits per heavy atom. The van der Waals surface area contributed by atoms with Crippen molar-refractivity contribution in [2.75, 3.05) is 62.6 Å². The number of methoxy groups -OCH3 is 4. The first-order chi connectivity index (χ1) is 39.8. The molecule has 0 aliphatic heterocycles. The highest BCUT2D eigenvalue weighted by atomic mass is 127. The second-order valence-electron chi connectivity index (χ2n) is 14.7. The average molecular weight is 1270 g/mol. The van der Waals surface area contributed by atoms with E-state index in [1.165, 1.54) is 113 Å². The van der Waals surface area contributed by atoms with Gasteiger partial charge >= 0.3 is 17.1 Å². The van der Waals surface area contributed by atoms with Gasteiger partial charge in [0.1, 0.15) is 34.7 Å². The molecule has 0 amide bonds. The molecule has 0 aliphatic rings. The number of aromatic amines is 1. The number of aliphatic hydroxyl groups excluding tert-OH is 1. The number of alkyl halides is 1. The van der Waals surface area contributed by atoms with E-state index in [0.717, 1.165) is 19.5 Å². The van der Waals surface area contributed by atoms with Crippen LogP contribution in [0.3, 0.4) is 0 Å². The molecule has 9 aromatic rings. The molecule has 0 aliphatic carbocycles. The van der Waals surface area contributed by atoms with E-state index in [0.29, 0.717) is 50.1 Å². The highest BCUT2D eigenvalue weighted by molar-refractivity contribution is 14.1. The summed E-state index contributed by atoms with van der Waals surface area (Å²) >= 11 is 7.39. The zero-order chi connectivity index (χ0) is 62.0. The average Bonchev–Trinajstić information content (AvgIpc) is 3.37. The van der Waals surface area contributed by atoms with Crippen LogP contribution in [0.25, 0.3) is 16.7 Å². The van der Waals surface area contributed by atoms with Crippen molar-refractivity contribution in [3.8, 4) is 34.8 Å². The summed E-state index contributed by atoms with van der Waals surface area (Å²) in [6, 6.07) is 25.5. The van der Waals surface area contributed by atoms with E-state index in [1.807, 2.05) is 22.6 Å². The van der Waals surface area contributed by atoms with Crippen molar-refractivity contribution in [1.29, 1.82) is 5.26 Å². The van der Waals surface area contributed by atoms with Crippen molar-refractivity contribution in [3.05, 3.63) is 206 Å². The minimum absolute atomic E-state index is 0.106. The molecule has 432 valence electrons. The number of benzene rings is 4. The minimum atomic E-state index is -0.574. The van der Waals surface area contributed by atoms with Crippen molar-refractivity contribution >= 4 is 90.7 Å². The minimum Gasteiger partial charge on any atom is -0.497 e. The van der Waals surface area contributed by atoms with Gasteiger partial charge in [0, 0.05) is 75.8 Å². The third kappa shape index (κ3) is 21.1. The summed E-state index contributed by atoms with van der Waals surface area (Å²) < 4.78 is 80.0. The quantitative estimate of drug-likeness (QED) is 0.0175. The summed E-state index contributed by atoms with van der Waals surface area (Å²) in [4.78, 5) is 49.9. The number of hydrogen-bond donors (Lipinski definition) is 6. The maximum atomic E-state index is 13.7. The largest absolute Gasteiger partial charge is 0.497 e. The second kappa shape index (κ2) is 36.3. The Balaban J connectivity index is 0.000000350. The standard InChI is InChI=1S/C13H10FN3O2.C12H10FN3O3.C12H12FN3O.C7H8FNO.C5H3ClN2O2.C2H3N.CH3I.CH4O/c1-19-12-3-2-8(6-9(12)14)17-11-4-5-15-7-10(11)16-13(17)18;1-19-12-3-2-8(6-9(12)13)15-10-4-5-14-7-11(10)16(17)18;1-17-12-3-2-8(6-9(12)13)16-11-4-5-15-7-10(11)14;1-10-5-2-3-7(9)6(8)4-5;6-4-1-2-7-3-5(4)8(9)10;1-2-3;2*1-2/h2-7H,1H3,(H,16,18);2-7H,1H3,(H,14,15);2-7H,14H2,1H3,(H,15,16);2-4H,9H2,1H3;1-3H;1H3;1H3;2H,1H3/i;;;;;;1D;. The molecule has 4 aromatic carbocycles. The third-order valence-corrected chi connectivity index (χ3v) is 10.1. The monoisotopic (exact) mass is 1270 g/mol. The number of nitriles is 1. The number of nitrogens with one attached hydrogen (secondary N) is 3. The van der Waals surface area contributed by atoms with Crippen LogP contribution in [0.5, 0.6) is 23.0 Å². The van der Waals surface area contributed by atoms with Crippen molar-refractivity contribution in [3.63, 3.8) is 0 Å². The van der Waals surface area contributed by atoms with E-state index in [9.17, 15) is 42.6 Å². The first-order valence-corrected chi connectivity index (χ1v) is 24.5. The maximum absolute atomic E-state index is 13.7. The van der Waals surface area contributed by atoms with Crippen LogP contribution < -0.4 is 46.7 Å². The van der Waals surface area contributed by atoms with Crippen LogP contribution in [-0.4, -0.2) is 84.9 Å². The molecule has 82 heavy (non-hydrogen) atoms. The Hall–Kier alpha value is -9.86. The molecular weight excluding hydrogens is 1220 g/mol. The number of halogens is 6. The SMILES string of the molecule is CC#N.CO.COc1ccc(-n2c(=O)[nH]c3cnccc32)cc1F.COc1ccc(N)c(F)c1.COc1ccc(Nc2ccncc2N)cc1F.COc1ccc(Nc2ccncc2[N+](=O)[O-])cc1F.O=[N+]([O-])c1cnccc1Cl.[2H]CI. The number of nitro groups is 2. The molecule has 0 fully saturated rings. The number of fused-ring (bicyclic) bond motifs is 1. The fourth-order valence-corrected chi connectivity index (χ4v) is 6.28. The smallest absolute Gasteiger partial charge is 0.331 e. The normalized spacial score (nSPS) is 9.59. The Labute approximate surface area is 486 Å². The maximum Gasteiger partial charge on any atom is 0.331 e. The van der Waals surface area contributed by atoms with E-state index in [2.05, 4.69) is 35.6 Å². The third-order valence-electron chi connectivity index (χ3n) is 9.74. The molecule has 0 radical (unpaired) electrons. The van der Waals surface area contributed by atoms with E-state index in [4.69, 9.17) is 53.8 Å². The number of imidazole rings is 1. The van der Waals surface area contributed by atoms with Gasteiger partial charge in [-0.25, -0.2) is 22.4 Å². The van der Waals surface area contributed by atoms with E-state index in [-0.39, 0.29) is 50.7 Å². The lowest BCUT2D eigenvalue weighted by atomic mass is 10.2. The summed E-state index contributed by atoms with van der Waals surface area (Å²) in [6.45, 7) is 1.43. The summed E-state index contributed by atoms with van der Waals surface area (Å²) in [5.74, 6) is -1.01. The van der Waals surface area contributed by atoms with Crippen LogP contribution >= 0.6 is 34.2 Å². The summed E-state index contributed by atoms with van der Waals surface area (Å²) in [6.07, 6.45) is 11.3. The fraction of sp³-hybridized carbons (Fsp3) is 0.132. The number of H-pyrrole nitrogens is 1. The van der Waals surface area contributed by atoms with Crippen LogP contribution in [0, 0.1) is 54.8 Å². The predicted octanol–water partition coefficient (Wildman–Crippen LogP) is 11.5. The molecule has 23 nitrogen and oxygen atoms in total. The number of pyridine rings is 4. The summed E-state index contributed by atoms with van der Waals surface area (Å²) in [5.41, 5.74) is 14.5. The Morgan fingerprint density at radius 3 is 1.60 bits per heavy atom. The van der Waals surface area contributed by atoms with Gasteiger partial charge in [-0.3, -0.25) is 44.7 Å². The summed E-state index contributed by atoms with van der Waals surface area (Å²) in [5, 5.41) is 41.1. The lowest BCUT2D eigenvalue weighted by Crippen LogP contribution is -2.14. The highest BCUT2D eigenvalue weighted by Gasteiger charge is 2.15. The van der Waals surface area contributed by atoms with Gasteiger partial charge in [0.05, 0.1) is 90.5 Å². The number of anilines is 6. The highest BCUT2D eigenvalue weighted by Crippen LogP contribution is 2.30. The van der Waals surface area contributed by atoms with Gasteiger partial charge in [-0.1, -0.05) is 34.2 Å². The lowest BCUT2D eigenvalue weighted by Gasteiger charge is -2.09. The van der Waals surface area contributed by atoms with Gasteiger partial charge in [-0.2, -0.15) is 5.26 Å². The van der Waals surface area contributed by atoms with E-state index < -0.39 is 33.1 Å². The van der Waals surface area contributed by atoms with Crippen molar-refractivity contribution in [1.82, 2.24) is 29.5 Å². The molecule has 5 aromatic heterocycles. The number of hydrogen-bond acceptors (Lipinski definition) is 19. The molecule has 29 heteroatoms. The van der Waals surface area contributed by atoms with Gasteiger partial charge in [0.15, 0.2) is 34.7 Å².